The molecule has 0 amide bonds. The summed E-state index contributed by atoms with van der Waals surface area (Å²) in [6.07, 6.45) is 11.2. The van der Waals surface area contributed by atoms with Gasteiger partial charge in [-0.2, -0.15) is 21.4 Å². The molecule has 0 saturated heterocycles. The van der Waals surface area contributed by atoms with Crippen molar-refractivity contribution in [2.24, 2.45) is 5.92 Å². The summed E-state index contributed by atoms with van der Waals surface area (Å²) in [6.45, 7) is 2.43. The van der Waals surface area contributed by atoms with Gasteiger partial charge < -0.3 is 9.30 Å². The third-order valence-electron chi connectivity index (χ3n) is 9.64. The molecule has 2 aliphatic rings. The molecule has 0 spiro atoms. The van der Waals surface area contributed by atoms with E-state index >= 15 is 0 Å². The zero-order chi connectivity index (χ0) is 36.1. The summed E-state index contributed by atoms with van der Waals surface area (Å²) in [7, 11) is -6.64. The Hall–Kier alpha value is -4.88. The number of carbonyl (C=O) groups excluding carboxylic acids is 1. The summed E-state index contributed by atoms with van der Waals surface area (Å²) in [4.78, 5) is 13.0. The highest BCUT2D eigenvalue weighted by Gasteiger charge is 2.31. The van der Waals surface area contributed by atoms with E-state index in [2.05, 4.69) is 10.6 Å². The van der Waals surface area contributed by atoms with Crippen LogP contribution in [0.3, 0.4) is 0 Å². The summed E-state index contributed by atoms with van der Waals surface area (Å²) in [5.41, 5.74) is 5.28. The van der Waals surface area contributed by atoms with Gasteiger partial charge in [-0.3, -0.25) is 13.9 Å². The maximum Gasteiger partial charge on any atom is 0.309 e. The maximum atomic E-state index is 13.1. The quantitative estimate of drug-likeness (QED) is 0.0995. The first kappa shape index (κ1) is 34.6. The van der Waals surface area contributed by atoms with Gasteiger partial charge in [-0.1, -0.05) is 60.7 Å². The molecule has 1 atom stereocenters. The zero-order valence-corrected chi connectivity index (χ0v) is 29.7. The number of allylic oxidation sites excluding steroid dienone is 6. The number of ether oxygens (including phenoxy) is 1. The van der Waals surface area contributed by atoms with Crippen LogP contribution < -0.4 is 5.35 Å². The molecule has 5 aromatic rings. The van der Waals surface area contributed by atoms with E-state index in [1.807, 2.05) is 78.4 Å². The Bertz CT molecular complexity index is 2660. The minimum Gasteiger partial charge on any atom is -0.466 e. The highest BCUT2D eigenvalue weighted by atomic mass is 32.2. The fourth-order valence-electron chi connectivity index (χ4n) is 7.48. The minimum atomic E-state index is -4.42. The lowest BCUT2D eigenvalue weighted by Crippen LogP contribution is -2.21. The third-order valence-corrected chi connectivity index (χ3v) is 11.4. The molecule has 0 saturated carbocycles. The van der Waals surface area contributed by atoms with Crippen LogP contribution in [0.15, 0.2) is 107 Å². The lowest BCUT2D eigenvalue weighted by atomic mass is 9.85. The first-order valence-electron chi connectivity index (χ1n) is 16.7. The molecule has 0 bridgehead atoms. The standard InChI is InChI=1S/C39H36N2O8S2/c1-3-49-39(42)28-23-25(14-16-32-29-11-6-12-31-36(51(46,47)48)19-18-34(38(29)31)40(32)2)22-26(24-28)15-17-33-30-10-4-8-27-9-5-13-35(37(27)30)41(33)20-7-21-50(43,44)45/h4-6,8-19,22,28H,3,7,20-21,23-24H2,1-2H3,(H-,43,44,45,46,47,48)/p+1. The fourth-order valence-corrected chi connectivity index (χ4v) is 8.66. The van der Waals surface area contributed by atoms with Gasteiger partial charge in [-0.05, 0) is 67.0 Å². The number of aryl methyl sites for hydroxylation is 1. The summed E-state index contributed by atoms with van der Waals surface area (Å²) >= 11 is 0. The van der Waals surface area contributed by atoms with Crippen molar-refractivity contribution in [3.8, 4) is 0 Å². The number of hydrogen-bond donors (Lipinski definition) is 2. The first-order chi connectivity index (χ1) is 24.3. The van der Waals surface area contributed by atoms with Crippen molar-refractivity contribution in [2.45, 2.75) is 37.6 Å². The molecular formula is C39H37N2O8S2+. The number of esters is 1. The van der Waals surface area contributed by atoms with Crippen LogP contribution in [-0.4, -0.2) is 66.2 Å². The van der Waals surface area contributed by atoms with Gasteiger partial charge in [0.05, 0.1) is 29.2 Å². The van der Waals surface area contributed by atoms with Gasteiger partial charge in [-0.25, -0.2) is 0 Å². The van der Waals surface area contributed by atoms with Gasteiger partial charge in [0.25, 0.3) is 20.2 Å². The van der Waals surface area contributed by atoms with Crippen LogP contribution in [0, 0.1) is 5.92 Å². The second-order valence-corrected chi connectivity index (χ2v) is 15.9. The van der Waals surface area contributed by atoms with E-state index in [0.29, 0.717) is 24.8 Å². The molecule has 2 heterocycles. The Morgan fingerprint density at radius 3 is 2.41 bits per heavy atom. The van der Waals surface area contributed by atoms with Gasteiger partial charge in [0.2, 0.25) is 11.4 Å². The molecule has 12 heteroatoms. The maximum absolute atomic E-state index is 13.1. The highest BCUT2D eigenvalue weighted by Crippen LogP contribution is 2.38. The largest absolute Gasteiger partial charge is 0.466 e. The number of aromatic nitrogens is 1. The Morgan fingerprint density at radius 1 is 0.922 bits per heavy atom. The van der Waals surface area contributed by atoms with Crippen molar-refractivity contribution >= 4 is 76.1 Å². The lowest BCUT2D eigenvalue weighted by molar-refractivity contribution is -0.399. The summed E-state index contributed by atoms with van der Waals surface area (Å²) in [6, 6.07) is 20.6. The zero-order valence-electron chi connectivity index (χ0n) is 28.1. The summed E-state index contributed by atoms with van der Waals surface area (Å²) in [5.74, 6) is -1.03. The summed E-state index contributed by atoms with van der Waals surface area (Å²) in [5, 5.41) is 5.22. The number of rotatable bonds is 10. The van der Waals surface area contributed by atoms with E-state index in [-0.39, 0.29) is 29.6 Å². The molecule has 51 heavy (non-hydrogen) atoms. The molecule has 0 fully saturated rings. The number of carbonyl (C=O) groups is 1. The predicted molar refractivity (Wildman–Crippen MR) is 199 cm³/mol. The normalized spacial score (nSPS) is 17.9. The van der Waals surface area contributed by atoms with E-state index in [1.165, 1.54) is 6.07 Å². The molecular weight excluding hydrogens is 689 g/mol. The highest BCUT2D eigenvalue weighted by molar-refractivity contribution is 7.86. The van der Waals surface area contributed by atoms with Gasteiger partial charge >= 0.3 is 5.97 Å². The second kappa shape index (κ2) is 13.3. The molecule has 10 nitrogen and oxygen atoms in total. The number of hydrogen-bond acceptors (Lipinski definition) is 6. The van der Waals surface area contributed by atoms with Crippen molar-refractivity contribution in [1.82, 2.24) is 4.57 Å². The Kier molecular flexibility index (Phi) is 9.05. The molecule has 1 aliphatic heterocycles. The SMILES string of the molecule is CCOC(=O)C1CC(/C=C/C2=[N+](C)c3ccc(S(=O)(=O)O)c4cccc2c34)=CC(=C/C=c2/c3cccc4cccc(c43)n2CCCS(=O)(=O)O)/C1. The van der Waals surface area contributed by atoms with E-state index in [9.17, 15) is 30.7 Å². The summed E-state index contributed by atoms with van der Waals surface area (Å²) < 4.78 is 76.0. The van der Waals surface area contributed by atoms with Gasteiger partial charge in [0.15, 0.2) is 0 Å². The van der Waals surface area contributed by atoms with Crippen LogP contribution in [0.5, 0.6) is 0 Å². The topological polar surface area (TPSA) is 143 Å². The van der Waals surface area contributed by atoms with E-state index in [4.69, 9.17) is 4.74 Å². The van der Waals surface area contributed by atoms with Crippen LogP contribution >= 0.6 is 0 Å². The van der Waals surface area contributed by atoms with Gasteiger partial charge in [-0.15, -0.1) is 0 Å². The van der Waals surface area contributed by atoms with Crippen molar-refractivity contribution in [1.29, 1.82) is 0 Å². The van der Waals surface area contributed by atoms with Crippen LogP contribution in [0.4, 0.5) is 5.69 Å². The Morgan fingerprint density at radius 2 is 1.67 bits per heavy atom. The van der Waals surface area contributed by atoms with E-state index in [1.54, 1.807) is 25.1 Å². The molecule has 1 unspecified atom stereocenters. The van der Waals surface area contributed by atoms with Crippen LogP contribution in [0.25, 0.3) is 38.5 Å². The van der Waals surface area contributed by atoms with Crippen LogP contribution in [0.1, 0.15) is 31.7 Å². The van der Waals surface area contributed by atoms with Gasteiger partial charge in [0.1, 0.15) is 11.9 Å². The molecule has 1 aromatic heterocycles. The average molecular weight is 726 g/mol. The predicted octanol–water partition coefficient (Wildman–Crippen LogP) is 6.13. The number of nitrogens with zero attached hydrogens (tertiary/aromatic N) is 2. The molecule has 7 rings (SSSR count). The Balaban J connectivity index is 1.30. The van der Waals surface area contributed by atoms with Crippen molar-refractivity contribution in [2.75, 3.05) is 19.4 Å². The first-order valence-corrected chi connectivity index (χ1v) is 19.7. The molecule has 1 aliphatic carbocycles. The van der Waals surface area contributed by atoms with Crippen LogP contribution in [-0.2, 0) is 36.3 Å². The monoisotopic (exact) mass is 725 g/mol. The smallest absolute Gasteiger partial charge is 0.309 e. The van der Waals surface area contributed by atoms with E-state index in [0.717, 1.165) is 60.5 Å². The third kappa shape index (κ3) is 6.67. The average Bonchev–Trinajstić information content (AvgIpc) is 3.54. The van der Waals surface area contributed by atoms with Crippen molar-refractivity contribution in [3.05, 3.63) is 113 Å². The molecule has 2 N–H and O–H groups in total. The van der Waals surface area contributed by atoms with Crippen molar-refractivity contribution in [3.63, 3.8) is 0 Å². The lowest BCUT2D eigenvalue weighted by Gasteiger charge is -2.21. The Labute approximate surface area is 295 Å². The second-order valence-electron chi connectivity index (χ2n) is 12.9. The molecule has 4 aromatic carbocycles. The molecule has 262 valence electrons. The van der Waals surface area contributed by atoms with E-state index < -0.39 is 26.2 Å². The van der Waals surface area contributed by atoms with Crippen molar-refractivity contribution < 1.29 is 40.0 Å². The molecule has 0 radical (unpaired) electrons. The van der Waals surface area contributed by atoms with Gasteiger partial charge in [0, 0.05) is 45.7 Å². The fraction of sp³-hybridized carbons (Fsp3) is 0.231. The number of benzene rings is 4. The van der Waals surface area contributed by atoms with Crippen LogP contribution in [0.2, 0.25) is 0 Å². The minimum absolute atomic E-state index is 0.142.